The summed E-state index contributed by atoms with van der Waals surface area (Å²) >= 11 is 0. The molecule has 0 aromatic heterocycles. The first kappa shape index (κ1) is 16.3. The van der Waals surface area contributed by atoms with Crippen molar-refractivity contribution in [2.45, 2.75) is 18.9 Å². The van der Waals surface area contributed by atoms with Gasteiger partial charge in [0.25, 0.3) is 5.91 Å². The van der Waals surface area contributed by atoms with Gasteiger partial charge in [-0.1, -0.05) is 6.07 Å². The highest BCUT2D eigenvalue weighted by atomic mass is 35.5. The number of benzene rings is 1. The van der Waals surface area contributed by atoms with Crippen LogP contribution < -0.4 is 21.1 Å². The molecule has 1 saturated heterocycles. The minimum absolute atomic E-state index is 0. The molecule has 0 saturated carbocycles. The van der Waals surface area contributed by atoms with Gasteiger partial charge in [-0.3, -0.25) is 9.59 Å². The molecule has 1 aliphatic rings. The summed E-state index contributed by atoms with van der Waals surface area (Å²) in [6.07, 6.45) is 1.86. The maximum Gasteiger partial charge on any atom is 0.255 e. The van der Waals surface area contributed by atoms with Crippen molar-refractivity contribution >= 4 is 29.9 Å². The van der Waals surface area contributed by atoms with Crippen LogP contribution in [0.2, 0.25) is 0 Å². The predicted octanol–water partition coefficient (Wildman–Crippen LogP) is 0.663. The number of amides is 2. The van der Waals surface area contributed by atoms with Crippen LogP contribution in [0.3, 0.4) is 0 Å². The van der Waals surface area contributed by atoms with Crippen molar-refractivity contribution in [3.63, 3.8) is 0 Å². The van der Waals surface area contributed by atoms with Gasteiger partial charge in [0.05, 0.1) is 6.04 Å². The maximum absolute atomic E-state index is 11.9. The Labute approximate surface area is 123 Å². The third-order valence-electron chi connectivity index (χ3n) is 2.86. The van der Waals surface area contributed by atoms with Crippen molar-refractivity contribution < 1.29 is 14.3 Å². The quantitative estimate of drug-likeness (QED) is 0.744. The Bertz CT molecular complexity index is 476. The monoisotopic (exact) mass is 299 g/mol. The molecule has 0 unspecified atom stereocenters. The third-order valence-corrected chi connectivity index (χ3v) is 2.86. The van der Waals surface area contributed by atoms with E-state index in [1.54, 1.807) is 24.3 Å². The minimum atomic E-state index is -0.537. The summed E-state index contributed by atoms with van der Waals surface area (Å²) in [6.45, 7) is 0.696. The molecule has 0 radical (unpaired) electrons. The first-order valence-electron chi connectivity index (χ1n) is 6.20. The summed E-state index contributed by atoms with van der Waals surface area (Å²) in [5, 5.41) is 5.94. The summed E-state index contributed by atoms with van der Waals surface area (Å²) < 4.78 is 5.17. The van der Waals surface area contributed by atoms with Gasteiger partial charge in [-0.15, -0.1) is 12.4 Å². The Morgan fingerprint density at radius 3 is 2.90 bits per heavy atom. The minimum Gasteiger partial charge on any atom is -0.484 e. The van der Waals surface area contributed by atoms with Gasteiger partial charge in [0.2, 0.25) is 5.91 Å². The van der Waals surface area contributed by atoms with Crippen LogP contribution >= 0.6 is 12.4 Å². The van der Waals surface area contributed by atoms with Crippen molar-refractivity contribution in [2.24, 2.45) is 5.73 Å². The van der Waals surface area contributed by atoms with Crippen LogP contribution in [0.25, 0.3) is 0 Å². The Morgan fingerprint density at radius 1 is 1.45 bits per heavy atom. The van der Waals surface area contributed by atoms with Gasteiger partial charge in [-0.25, -0.2) is 0 Å². The molecule has 1 heterocycles. The summed E-state index contributed by atoms with van der Waals surface area (Å²) in [5.74, 6) is -0.0925. The van der Waals surface area contributed by atoms with E-state index >= 15 is 0 Å². The highest BCUT2D eigenvalue weighted by Crippen LogP contribution is 2.18. The fraction of sp³-hybridized carbons (Fsp3) is 0.385. The van der Waals surface area contributed by atoms with Gasteiger partial charge in [-0.05, 0) is 31.5 Å². The molecular formula is C13H18ClN3O3. The number of ether oxygens (including phenoxy) is 1. The smallest absolute Gasteiger partial charge is 0.255 e. The van der Waals surface area contributed by atoms with Crippen LogP contribution in [0.4, 0.5) is 5.69 Å². The van der Waals surface area contributed by atoms with Crippen molar-refractivity contribution in [1.82, 2.24) is 5.32 Å². The molecule has 4 N–H and O–H groups in total. The van der Waals surface area contributed by atoms with Crippen LogP contribution in [-0.2, 0) is 9.59 Å². The number of primary amides is 1. The van der Waals surface area contributed by atoms with E-state index in [9.17, 15) is 9.59 Å². The fourth-order valence-corrected chi connectivity index (χ4v) is 1.96. The number of carbonyl (C=O) groups excluding carboxylic acids is 2. The molecule has 2 amide bonds. The van der Waals surface area contributed by atoms with Crippen LogP contribution in [0.1, 0.15) is 12.8 Å². The largest absolute Gasteiger partial charge is 0.484 e. The highest BCUT2D eigenvalue weighted by Gasteiger charge is 2.21. The molecule has 7 heteroatoms. The number of carbonyl (C=O) groups is 2. The molecule has 20 heavy (non-hydrogen) atoms. The lowest BCUT2D eigenvalue weighted by molar-refractivity contribution is -0.120. The van der Waals surface area contributed by atoms with Crippen LogP contribution in [-0.4, -0.2) is 31.0 Å². The zero-order valence-electron chi connectivity index (χ0n) is 10.9. The van der Waals surface area contributed by atoms with Gasteiger partial charge in [0, 0.05) is 11.8 Å². The number of anilines is 1. The fourth-order valence-electron chi connectivity index (χ4n) is 1.96. The zero-order valence-corrected chi connectivity index (χ0v) is 11.7. The summed E-state index contributed by atoms with van der Waals surface area (Å²) in [5.41, 5.74) is 5.64. The van der Waals surface area contributed by atoms with Gasteiger partial charge >= 0.3 is 0 Å². The van der Waals surface area contributed by atoms with Crippen molar-refractivity contribution in [3.8, 4) is 5.75 Å². The molecule has 1 aliphatic heterocycles. The van der Waals surface area contributed by atoms with Crippen molar-refractivity contribution in [1.29, 1.82) is 0 Å². The van der Waals surface area contributed by atoms with Crippen LogP contribution in [0, 0.1) is 0 Å². The molecule has 110 valence electrons. The lowest BCUT2D eigenvalue weighted by Crippen LogP contribution is -2.35. The molecular weight excluding hydrogens is 282 g/mol. The second kappa shape index (κ2) is 7.72. The molecule has 0 bridgehead atoms. The number of halogens is 1. The summed E-state index contributed by atoms with van der Waals surface area (Å²) in [4.78, 5) is 22.5. The van der Waals surface area contributed by atoms with Gasteiger partial charge in [0.15, 0.2) is 6.61 Å². The van der Waals surface area contributed by atoms with Crippen molar-refractivity contribution in [3.05, 3.63) is 24.3 Å². The number of nitrogens with one attached hydrogen (secondary N) is 2. The molecule has 1 atom stereocenters. The Balaban J connectivity index is 0.00000200. The summed E-state index contributed by atoms with van der Waals surface area (Å²) in [7, 11) is 0. The van der Waals surface area contributed by atoms with E-state index in [-0.39, 0.29) is 31.0 Å². The molecule has 1 fully saturated rings. The van der Waals surface area contributed by atoms with Gasteiger partial charge in [0.1, 0.15) is 5.75 Å². The number of hydrogen-bond donors (Lipinski definition) is 3. The van der Waals surface area contributed by atoms with E-state index < -0.39 is 5.91 Å². The zero-order chi connectivity index (χ0) is 13.7. The Morgan fingerprint density at radius 2 is 2.25 bits per heavy atom. The molecule has 1 aromatic rings. The van der Waals surface area contributed by atoms with E-state index in [0.717, 1.165) is 19.4 Å². The normalized spacial score (nSPS) is 17.1. The van der Waals surface area contributed by atoms with E-state index in [0.29, 0.717) is 11.4 Å². The molecule has 0 aliphatic carbocycles. The second-order valence-corrected chi connectivity index (χ2v) is 4.42. The highest BCUT2D eigenvalue weighted by molar-refractivity contribution is 5.95. The maximum atomic E-state index is 11.9. The molecule has 2 rings (SSSR count). The first-order valence-corrected chi connectivity index (χ1v) is 6.20. The first-order chi connectivity index (χ1) is 9.15. The van der Waals surface area contributed by atoms with E-state index in [2.05, 4.69) is 10.6 Å². The molecule has 6 nitrogen and oxygen atoms in total. The van der Waals surface area contributed by atoms with Crippen LogP contribution in [0.5, 0.6) is 5.75 Å². The summed E-state index contributed by atoms with van der Waals surface area (Å²) in [6, 6.07) is 6.75. The molecule has 1 aromatic carbocycles. The third kappa shape index (κ3) is 4.71. The lowest BCUT2D eigenvalue weighted by Gasteiger charge is -2.12. The average Bonchev–Trinajstić information content (AvgIpc) is 2.91. The Kier molecular flexibility index (Phi) is 6.27. The second-order valence-electron chi connectivity index (χ2n) is 4.42. The predicted molar refractivity (Wildman–Crippen MR) is 78.0 cm³/mol. The van der Waals surface area contributed by atoms with Crippen molar-refractivity contribution in [2.75, 3.05) is 18.5 Å². The van der Waals surface area contributed by atoms with Gasteiger partial charge < -0.3 is 21.1 Å². The van der Waals surface area contributed by atoms with E-state index in [4.69, 9.17) is 10.5 Å². The van der Waals surface area contributed by atoms with E-state index in [1.807, 2.05) is 0 Å². The van der Waals surface area contributed by atoms with Crippen LogP contribution in [0.15, 0.2) is 24.3 Å². The SMILES string of the molecule is Cl.NC(=O)COc1cccc(NC(=O)[C@@H]2CCCN2)c1. The average molecular weight is 300 g/mol. The van der Waals surface area contributed by atoms with E-state index in [1.165, 1.54) is 0 Å². The number of rotatable bonds is 5. The van der Waals surface area contributed by atoms with Gasteiger partial charge in [-0.2, -0.15) is 0 Å². The topological polar surface area (TPSA) is 93.5 Å². The number of nitrogens with two attached hydrogens (primary N) is 1. The standard InChI is InChI=1S/C13H17N3O3.ClH/c14-12(17)8-19-10-4-1-3-9(7-10)16-13(18)11-5-2-6-15-11;/h1,3-4,7,11,15H,2,5-6,8H2,(H2,14,17)(H,16,18);1H/t11-;/m0./s1. The lowest BCUT2D eigenvalue weighted by atomic mass is 10.2. The number of hydrogen-bond acceptors (Lipinski definition) is 4. The Hall–Kier alpha value is -1.79. The molecule has 0 spiro atoms.